The molecule has 1 aromatic heterocycles. The third-order valence-corrected chi connectivity index (χ3v) is 10.9. The van der Waals surface area contributed by atoms with Crippen molar-refractivity contribution < 1.29 is 0 Å². The number of hydrogen-bond acceptors (Lipinski definition) is 4. The molecule has 1 spiro atoms. The highest BCUT2D eigenvalue weighted by Gasteiger charge is 2.50. The smallest absolute Gasteiger partial charge is 0.164 e. The summed E-state index contributed by atoms with van der Waals surface area (Å²) in [5, 5.41) is 2.50. The van der Waals surface area contributed by atoms with E-state index in [1.807, 2.05) is 48.2 Å². The van der Waals surface area contributed by atoms with Crippen molar-refractivity contribution in [2.45, 2.75) is 15.2 Å². The van der Waals surface area contributed by atoms with Crippen LogP contribution in [0.25, 0.3) is 56.1 Å². The zero-order chi connectivity index (χ0) is 31.7. The molecule has 10 rings (SSSR count). The van der Waals surface area contributed by atoms with Crippen LogP contribution in [0.5, 0.6) is 0 Å². The fourth-order valence-corrected chi connectivity index (χ4v) is 8.93. The second-order valence-electron chi connectivity index (χ2n) is 12.4. The van der Waals surface area contributed by atoms with Gasteiger partial charge in [0.1, 0.15) is 0 Å². The van der Waals surface area contributed by atoms with Gasteiger partial charge in [-0.1, -0.05) is 157 Å². The molecule has 3 nitrogen and oxygen atoms in total. The minimum absolute atomic E-state index is 0.449. The molecule has 0 N–H and O–H groups in total. The van der Waals surface area contributed by atoms with Crippen LogP contribution in [0.1, 0.15) is 22.3 Å². The van der Waals surface area contributed by atoms with Crippen molar-refractivity contribution >= 4 is 22.5 Å². The molecule has 2 aliphatic rings. The SMILES string of the molecule is c1ccc(-c2nc(-c3ccccc3)nc(-c3ccc4c(c3)Sc3cc5ccccc5cc3C43c4ccccc4-c4ccccc43)n2)cc1. The number of fused-ring (bicyclic) bond motifs is 10. The van der Waals surface area contributed by atoms with Crippen LogP contribution in [0.4, 0.5) is 0 Å². The van der Waals surface area contributed by atoms with Crippen LogP contribution in [-0.2, 0) is 5.41 Å². The van der Waals surface area contributed by atoms with Crippen molar-refractivity contribution in [2.24, 2.45) is 0 Å². The zero-order valence-electron chi connectivity index (χ0n) is 25.8. The molecule has 0 amide bonds. The van der Waals surface area contributed by atoms with E-state index in [9.17, 15) is 0 Å². The highest BCUT2D eigenvalue weighted by atomic mass is 32.2. The number of benzene rings is 7. The highest BCUT2D eigenvalue weighted by Crippen LogP contribution is 2.62. The summed E-state index contributed by atoms with van der Waals surface area (Å²) in [6, 6.07) is 58.6. The third kappa shape index (κ3) is 3.99. The molecular formula is C44H27N3S. The van der Waals surface area contributed by atoms with Crippen molar-refractivity contribution in [2.75, 3.05) is 0 Å². The van der Waals surface area contributed by atoms with Crippen molar-refractivity contribution in [1.82, 2.24) is 15.0 Å². The number of nitrogens with zero attached hydrogens (tertiary/aromatic N) is 3. The molecule has 0 saturated carbocycles. The Balaban J connectivity index is 1.24. The van der Waals surface area contributed by atoms with Gasteiger partial charge in [-0.05, 0) is 62.4 Å². The van der Waals surface area contributed by atoms with Crippen molar-refractivity contribution in [1.29, 1.82) is 0 Å². The number of hydrogen-bond donors (Lipinski definition) is 0. The molecular weight excluding hydrogens is 603 g/mol. The van der Waals surface area contributed by atoms with E-state index in [0.29, 0.717) is 17.5 Å². The largest absolute Gasteiger partial charge is 0.208 e. The molecule has 0 atom stereocenters. The Morgan fingerprint density at radius 1 is 0.354 bits per heavy atom. The van der Waals surface area contributed by atoms with Gasteiger partial charge in [0.25, 0.3) is 0 Å². The Morgan fingerprint density at radius 2 is 0.833 bits per heavy atom. The van der Waals surface area contributed by atoms with Crippen molar-refractivity contribution in [3.8, 4) is 45.3 Å². The monoisotopic (exact) mass is 629 g/mol. The van der Waals surface area contributed by atoms with Crippen LogP contribution in [-0.4, -0.2) is 15.0 Å². The van der Waals surface area contributed by atoms with E-state index in [-0.39, 0.29) is 0 Å². The molecule has 0 radical (unpaired) electrons. The number of rotatable bonds is 3. The molecule has 1 aliphatic carbocycles. The van der Waals surface area contributed by atoms with E-state index in [1.165, 1.54) is 53.9 Å². The molecule has 0 saturated heterocycles. The summed E-state index contributed by atoms with van der Waals surface area (Å²) in [7, 11) is 0. The van der Waals surface area contributed by atoms with Crippen LogP contribution in [0.3, 0.4) is 0 Å². The van der Waals surface area contributed by atoms with Gasteiger partial charge < -0.3 is 0 Å². The predicted octanol–water partition coefficient (Wildman–Crippen LogP) is 10.9. The van der Waals surface area contributed by atoms with E-state index in [1.54, 1.807) is 0 Å². The summed E-state index contributed by atoms with van der Waals surface area (Å²) in [5.41, 5.74) is 10.3. The number of aromatic nitrogens is 3. The summed E-state index contributed by atoms with van der Waals surface area (Å²) in [5.74, 6) is 1.99. The fraction of sp³-hybridized carbons (Fsp3) is 0.0227. The molecule has 0 bridgehead atoms. The van der Waals surface area contributed by atoms with Gasteiger partial charge in [-0.2, -0.15) is 0 Å². The average Bonchev–Trinajstić information content (AvgIpc) is 3.45. The quantitative estimate of drug-likeness (QED) is 0.195. The van der Waals surface area contributed by atoms with Gasteiger partial charge in [-0.25, -0.2) is 15.0 Å². The molecule has 48 heavy (non-hydrogen) atoms. The molecule has 4 heteroatoms. The first-order valence-electron chi connectivity index (χ1n) is 16.2. The van der Waals surface area contributed by atoms with Gasteiger partial charge in [0.05, 0.1) is 5.41 Å². The summed E-state index contributed by atoms with van der Waals surface area (Å²) >= 11 is 1.85. The lowest BCUT2D eigenvalue weighted by Crippen LogP contribution is -2.32. The Kier molecular flexibility index (Phi) is 6.02. The third-order valence-electron chi connectivity index (χ3n) is 9.77. The fourth-order valence-electron chi connectivity index (χ4n) is 7.67. The summed E-state index contributed by atoms with van der Waals surface area (Å²) in [6.07, 6.45) is 0. The van der Waals surface area contributed by atoms with Gasteiger partial charge in [0.15, 0.2) is 17.5 Å². The Bertz CT molecular complexity index is 2440. The van der Waals surface area contributed by atoms with Gasteiger partial charge in [0.2, 0.25) is 0 Å². The van der Waals surface area contributed by atoms with Crippen LogP contribution in [0.15, 0.2) is 174 Å². The Morgan fingerprint density at radius 3 is 1.44 bits per heavy atom. The normalized spacial score (nSPS) is 13.5. The van der Waals surface area contributed by atoms with Gasteiger partial charge >= 0.3 is 0 Å². The lowest BCUT2D eigenvalue weighted by Gasteiger charge is -2.40. The average molecular weight is 630 g/mol. The van der Waals surface area contributed by atoms with Crippen molar-refractivity contribution in [3.63, 3.8) is 0 Å². The van der Waals surface area contributed by atoms with Crippen molar-refractivity contribution in [3.05, 3.63) is 186 Å². The molecule has 8 aromatic rings. The standard InChI is InChI=1S/C44H27N3S/c1-3-13-28(14-4-1)41-45-42(29-15-5-2-6-16-29)47-43(46-41)32-23-24-37-39(27-32)48-40-26-31-18-8-7-17-30(31)25-38(40)44(37)35-21-11-9-19-33(35)34-20-10-12-22-36(34)44/h1-27H. The minimum Gasteiger partial charge on any atom is -0.208 e. The molecule has 224 valence electrons. The Hall–Kier alpha value is -5.84. The summed E-state index contributed by atoms with van der Waals surface area (Å²) in [6.45, 7) is 0. The van der Waals surface area contributed by atoms with Crippen LogP contribution < -0.4 is 0 Å². The predicted molar refractivity (Wildman–Crippen MR) is 195 cm³/mol. The van der Waals surface area contributed by atoms with E-state index < -0.39 is 5.41 Å². The summed E-state index contributed by atoms with van der Waals surface area (Å²) < 4.78 is 0. The van der Waals surface area contributed by atoms with Gasteiger partial charge in [-0.3, -0.25) is 0 Å². The van der Waals surface area contributed by atoms with Crippen LogP contribution in [0.2, 0.25) is 0 Å². The maximum Gasteiger partial charge on any atom is 0.164 e. The van der Waals surface area contributed by atoms with Crippen LogP contribution in [0, 0.1) is 0 Å². The second kappa shape index (κ2) is 10.6. The molecule has 2 heterocycles. The first-order valence-corrected chi connectivity index (χ1v) is 17.0. The van der Waals surface area contributed by atoms with E-state index >= 15 is 0 Å². The van der Waals surface area contributed by atoms with E-state index in [4.69, 9.17) is 15.0 Å². The van der Waals surface area contributed by atoms with E-state index in [2.05, 4.69) is 127 Å². The Labute approximate surface area is 283 Å². The van der Waals surface area contributed by atoms with E-state index in [0.717, 1.165) is 16.7 Å². The maximum absolute atomic E-state index is 5.06. The van der Waals surface area contributed by atoms with Gasteiger partial charge in [0, 0.05) is 26.5 Å². The summed E-state index contributed by atoms with van der Waals surface area (Å²) in [4.78, 5) is 17.5. The highest BCUT2D eigenvalue weighted by molar-refractivity contribution is 7.99. The maximum atomic E-state index is 5.06. The molecule has 0 fully saturated rings. The van der Waals surface area contributed by atoms with Crippen LogP contribution >= 0.6 is 11.8 Å². The zero-order valence-corrected chi connectivity index (χ0v) is 26.7. The first kappa shape index (κ1) is 27.3. The topological polar surface area (TPSA) is 38.7 Å². The van der Waals surface area contributed by atoms with Gasteiger partial charge in [-0.15, -0.1) is 0 Å². The first-order chi connectivity index (χ1) is 23.8. The minimum atomic E-state index is -0.449. The second-order valence-corrected chi connectivity index (χ2v) is 13.5. The molecule has 7 aromatic carbocycles. The molecule has 0 unspecified atom stereocenters. The lowest BCUT2D eigenvalue weighted by molar-refractivity contribution is 0.724. The lowest BCUT2D eigenvalue weighted by atomic mass is 9.67. The molecule has 1 aliphatic heterocycles.